The number of nitrogens with zero attached hydrogens (tertiary/aromatic N) is 1. The lowest BCUT2D eigenvalue weighted by molar-refractivity contribution is 0.670. The molecular formula is C54H35NOS. The number of furan rings is 1. The third-order valence-electron chi connectivity index (χ3n) is 11.1. The van der Waals surface area contributed by atoms with Crippen LogP contribution in [0.1, 0.15) is 0 Å². The van der Waals surface area contributed by atoms with Crippen LogP contribution in [-0.2, 0) is 0 Å². The molecule has 0 aliphatic rings. The number of hydrogen-bond donors (Lipinski definition) is 0. The standard InChI is InChI=1S/C54H35NOS/c1-5-15-36(16-6-1)39-25-28-43(29-26-39)55(48-33-42(38-19-9-3-10-20-38)35-51-52(48)46-23-13-14-24-50(46)57-51)47-32-31-44(40-21-11-4-12-22-40)54-53(47)45-30-27-41(34-49(45)56-54)37-17-7-2-8-18-37/h1-35H. The van der Waals surface area contributed by atoms with Crippen LogP contribution in [0.3, 0.4) is 0 Å². The molecule has 0 N–H and O–H groups in total. The molecule has 0 saturated heterocycles. The first-order valence-corrected chi connectivity index (χ1v) is 20.1. The topological polar surface area (TPSA) is 16.4 Å². The molecule has 0 radical (unpaired) electrons. The van der Waals surface area contributed by atoms with Gasteiger partial charge < -0.3 is 9.32 Å². The monoisotopic (exact) mass is 745 g/mol. The van der Waals surface area contributed by atoms with Crippen LogP contribution in [-0.4, -0.2) is 0 Å². The largest absolute Gasteiger partial charge is 0.455 e. The van der Waals surface area contributed by atoms with E-state index in [1.54, 1.807) is 0 Å². The lowest BCUT2D eigenvalue weighted by Gasteiger charge is -2.28. The van der Waals surface area contributed by atoms with Gasteiger partial charge in [-0.25, -0.2) is 0 Å². The molecule has 0 saturated carbocycles. The van der Waals surface area contributed by atoms with Gasteiger partial charge in [0.15, 0.2) is 0 Å². The van der Waals surface area contributed by atoms with Gasteiger partial charge in [-0.2, -0.15) is 0 Å². The first kappa shape index (κ1) is 33.2. The highest BCUT2D eigenvalue weighted by atomic mass is 32.1. The van der Waals surface area contributed by atoms with Crippen molar-refractivity contribution < 1.29 is 4.42 Å². The summed E-state index contributed by atoms with van der Waals surface area (Å²) in [4.78, 5) is 2.47. The van der Waals surface area contributed by atoms with Gasteiger partial charge in [0, 0.05) is 36.8 Å². The predicted octanol–water partition coefficient (Wildman–Crippen LogP) is 16.1. The Bertz CT molecular complexity index is 3200. The van der Waals surface area contributed by atoms with Crippen molar-refractivity contribution in [1.82, 2.24) is 0 Å². The summed E-state index contributed by atoms with van der Waals surface area (Å²) in [5.74, 6) is 0. The summed E-state index contributed by atoms with van der Waals surface area (Å²) in [6.45, 7) is 0. The quantitative estimate of drug-likeness (QED) is 0.162. The Labute approximate surface area is 335 Å². The van der Waals surface area contributed by atoms with Crippen molar-refractivity contribution in [2.45, 2.75) is 0 Å². The zero-order chi connectivity index (χ0) is 37.7. The van der Waals surface area contributed by atoms with Crippen LogP contribution in [0, 0.1) is 0 Å². The van der Waals surface area contributed by atoms with Crippen molar-refractivity contribution in [3.8, 4) is 44.5 Å². The molecule has 0 amide bonds. The summed E-state index contributed by atoms with van der Waals surface area (Å²) in [6, 6.07) is 76.3. The minimum Gasteiger partial charge on any atom is -0.455 e. The van der Waals surface area contributed by atoms with Crippen molar-refractivity contribution >= 4 is 70.5 Å². The van der Waals surface area contributed by atoms with E-state index in [9.17, 15) is 0 Å². The van der Waals surface area contributed by atoms with E-state index in [0.29, 0.717) is 0 Å². The Balaban J connectivity index is 1.24. The predicted molar refractivity (Wildman–Crippen MR) is 243 cm³/mol. The van der Waals surface area contributed by atoms with Crippen molar-refractivity contribution in [1.29, 1.82) is 0 Å². The maximum Gasteiger partial charge on any atom is 0.145 e. The average Bonchev–Trinajstić information content (AvgIpc) is 3.87. The second-order valence-corrected chi connectivity index (χ2v) is 15.5. The van der Waals surface area contributed by atoms with Crippen LogP contribution in [0.4, 0.5) is 17.1 Å². The highest BCUT2D eigenvalue weighted by Crippen LogP contribution is 2.51. The molecule has 0 atom stereocenters. The fourth-order valence-corrected chi connectivity index (χ4v) is 9.52. The van der Waals surface area contributed by atoms with E-state index in [1.807, 2.05) is 11.3 Å². The van der Waals surface area contributed by atoms with E-state index < -0.39 is 0 Å². The molecule has 0 spiro atoms. The number of thiophene rings is 1. The molecule has 0 unspecified atom stereocenters. The highest BCUT2D eigenvalue weighted by Gasteiger charge is 2.25. The minimum absolute atomic E-state index is 0.861. The molecule has 2 nitrogen and oxygen atoms in total. The van der Waals surface area contributed by atoms with Gasteiger partial charge in [0.2, 0.25) is 0 Å². The SMILES string of the molecule is c1ccc(-c2ccc(N(c3cc(-c4ccccc4)cc4sc5ccccc5c34)c3ccc(-c4ccccc4)c4oc5cc(-c6ccccc6)ccc5c34)cc2)cc1. The van der Waals surface area contributed by atoms with Gasteiger partial charge in [-0.1, -0.05) is 158 Å². The molecule has 0 bridgehead atoms. The maximum atomic E-state index is 7.05. The number of benzene rings is 9. The van der Waals surface area contributed by atoms with E-state index in [2.05, 4.69) is 217 Å². The summed E-state index contributed by atoms with van der Waals surface area (Å²) in [7, 11) is 0. The normalized spacial score (nSPS) is 11.5. The van der Waals surface area contributed by atoms with Gasteiger partial charge >= 0.3 is 0 Å². The highest BCUT2D eigenvalue weighted by molar-refractivity contribution is 7.26. The van der Waals surface area contributed by atoms with Crippen LogP contribution in [0.2, 0.25) is 0 Å². The number of rotatable bonds is 7. The Morgan fingerprint density at radius 3 is 1.60 bits per heavy atom. The zero-order valence-corrected chi connectivity index (χ0v) is 31.8. The second-order valence-electron chi connectivity index (χ2n) is 14.5. The van der Waals surface area contributed by atoms with Crippen LogP contribution < -0.4 is 4.90 Å². The Kier molecular flexibility index (Phi) is 8.04. The van der Waals surface area contributed by atoms with E-state index in [0.717, 1.165) is 61.3 Å². The van der Waals surface area contributed by atoms with Crippen molar-refractivity contribution in [2.24, 2.45) is 0 Å². The van der Waals surface area contributed by atoms with Crippen molar-refractivity contribution in [3.63, 3.8) is 0 Å². The van der Waals surface area contributed by atoms with Crippen molar-refractivity contribution in [2.75, 3.05) is 4.90 Å². The smallest absolute Gasteiger partial charge is 0.145 e. The number of anilines is 3. The van der Waals surface area contributed by atoms with Crippen LogP contribution >= 0.6 is 11.3 Å². The lowest BCUT2D eigenvalue weighted by Crippen LogP contribution is -2.11. The van der Waals surface area contributed by atoms with E-state index in [-0.39, 0.29) is 0 Å². The van der Waals surface area contributed by atoms with Gasteiger partial charge in [-0.15, -0.1) is 11.3 Å². The average molecular weight is 746 g/mol. The van der Waals surface area contributed by atoms with Gasteiger partial charge in [-0.05, 0) is 93.5 Å². The molecule has 11 rings (SSSR count). The van der Waals surface area contributed by atoms with Crippen LogP contribution in [0.25, 0.3) is 86.6 Å². The fraction of sp³-hybridized carbons (Fsp3) is 0. The third kappa shape index (κ3) is 5.80. The Morgan fingerprint density at radius 1 is 0.351 bits per heavy atom. The fourth-order valence-electron chi connectivity index (χ4n) is 8.35. The third-order valence-corrected chi connectivity index (χ3v) is 12.2. The molecule has 0 fully saturated rings. The summed E-state index contributed by atoms with van der Waals surface area (Å²) < 4.78 is 9.57. The number of hydrogen-bond acceptors (Lipinski definition) is 3. The molecule has 3 heteroatoms. The molecule has 2 heterocycles. The molecule has 9 aromatic carbocycles. The minimum atomic E-state index is 0.861. The first-order chi connectivity index (χ1) is 28.3. The summed E-state index contributed by atoms with van der Waals surface area (Å²) in [5.41, 5.74) is 14.2. The van der Waals surface area contributed by atoms with Gasteiger partial charge in [0.1, 0.15) is 11.2 Å². The lowest BCUT2D eigenvalue weighted by atomic mass is 9.97. The summed E-state index contributed by atoms with van der Waals surface area (Å²) in [5, 5.41) is 4.64. The maximum absolute atomic E-state index is 7.05. The van der Waals surface area contributed by atoms with Gasteiger partial charge in [0.25, 0.3) is 0 Å². The molecule has 11 aromatic rings. The molecule has 268 valence electrons. The van der Waals surface area contributed by atoms with Gasteiger partial charge in [-0.3, -0.25) is 0 Å². The van der Waals surface area contributed by atoms with Gasteiger partial charge in [0.05, 0.1) is 16.8 Å². The number of fused-ring (bicyclic) bond motifs is 6. The van der Waals surface area contributed by atoms with E-state index in [4.69, 9.17) is 4.42 Å². The molecule has 0 aliphatic carbocycles. The second kappa shape index (κ2) is 13.8. The Hall–Kier alpha value is -7.20. The zero-order valence-electron chi connectivity index (χ0n) is 31.0. The summed E-state index contributed by atoms with van der Waals surface area (Å²) >= 11 is 1.85. The van der Waals surface area contributed by atoms with E-state index >= 15 is 0 Å². The molecule has 2 aromatic heterocycles. The van der Waals surface area contributed by atoms with Crippen molar-refractivity contribution in [3.05, 3.63) is 212 Å². The first-order valence-electron chi connectivity index (χ1n) is 19.3. The van der Waals surface area contributed by atoms with E-state index in [1.165, 1.54) is 42.4 Å². The molecule has 57 heavy (non-hydrogen) atoms. The summed E-state index contributed by atoms with van der Waals surface area (Å²) in [6.07, 6.45) is 0. The Morgan fingerprint density at radius 2 is 0.912 bits per heavy atom. The molecule has 0 aliphatic heterocycles. The van der Waals surface area contributed by atoms with Crippen LogP contribution in [0.5, 0.6) is 0 Å². The van der Waals surface area contributed by atoms with Crippen LogP contribution in [0.15, 0.2) is 217 Å². The molecular weight excluding hydrogens is 711 g/mol.